The lowest BCUT2D eigenvalue weighted by Crippen LogP contribution is -1.97. The van der Waals surface area contributed by atoms with E-state index >= 15 is 0 Å². The van der Waals surface area contributed by atoms with Gasteiger partial charge in [-0.2, -0.15) is 12.6 Å². The average molecular weight is 208 g/mol. The quantitative estimate of drug-likeness (QED) is 0.659. The van der Waals surface area contributed by atoms with Crippen LogP contribution in [0.4, 0.5) is 0 Å². The van der Waals surface area contributed by atoms with Gasteiger partial charge in [0.1, 0.15) is 5.82 Å². The topological polar surface area (TPSA) is 48.9 Å². The maximum absolute atomic E-state index is 9.58. The van der Waals surface area contributed by atoms with Crippen molar-refractivity contribution in [3.05, 3.63) is 29.6 Å². The Bertz CT molecular complexity index is 452. The number of hydrogen-bond acceptors (Lipinski definition) is 3. The fourth-order valence-electron chi connectivity index (χ4n) is 1.47. The maximum atomic E-state index is 9.58. The number of nitrogens with zero attached hydrogens (tertiary/aromatic N) is 1. The van der Waals surface area contributed by atoms with Gasteiger partial charge in [0.2, 0.25) is 0 Å². The van der Waals surface area contributed by atoms with Crippen LogP contribution in [0.25, 0.3) is 11.0 Å². The minimum Gasteiger partial charge on any atom is -0.388 e. The zero-order chi connectivity index (χ0) is 10.1. The molecule has 0 aliphatic carbocycles. The van der Waals surface area contributed by atoms with Crippen molar-refractivity contribution in [3.8, 4) is 0 Å². The third-order valence-corrected chi connectivity index (χ3v) is 2.53. The third-order valence-electron chi connectivity index (χ3n) is 2.18. The van der Waals surface area contributed by atoms with Crippen molar-refractivity contribution in [2.75, 3.05) is 5.75 Å². The summed E-state index contributed by atoms with van der Waals surface area (Å²) in [5.74, 6) is 1.32. The van der Waals surface area contributed by atoms with E-state index in [0.717, 1.165) is 22.4 Å². The van der Waals surface area contributed by atoms with Crippen LogP contribution in [0.2, 0.25) is 0 Å². The van der Waals surface area contributed by atoms with Crippen molar-refractivity contribution in [2.24, 2.45) is 0 Å². The molecule has 1 unspecified atom stereocenters. The number of imidazole rings is 1. The number of aromatic nitrogens is 2. The molecule has 0 aliphatic heterocycles. The zero-order valence-electron chi connectivity index (χ0n) is 7.86. The van der Waals surface area contributed by atoms with Crippen LogP contribution in [0, 0.1) is 6.92 Å². The van der Waals surface area contributed by atoms with Gasteiger partial charge in [0.15, 0.2) is 0 Å². The summed E-state index contributed by atoms with van der Waals surface area (Å²) in [5.41, 5.74) is 2.76. The van der Waals surface area contributed by atoms with Crippen LogP contribution >= 0.6 is 12.6 Å². The highest BCUT2D eigenvalue weighted by atomic mass is 32.1. The predicted molar refractivity (Wildman–Crippen MR) is 59.6 cm³/mol. The minimum absolute atomic E-state index is 0.429. The smallest absolute Gasteiger partial charge is 0.104 e. The molecule has 3 nitrogen and oxygen atoms in total. The summed E-state index contributed by atoms with van der Waals surface area (Å²) in [6.45, 7) is 1.91. The van der Waals surface area contributed by atoms with Crippen molar-refractivity contribution in [1.82, 2.24) is 9.97 Å². The molecule has 74 valence electrons. The van der Waals surface area contributed by atoms with Gasteiger partial charge in [-0.15, -0.1) is 0 Å². The van der Waals surface area contributed by atoms with E-state index in [1.165, 1.54) is 0 Å². The zero-order valence-corrected chi connectivity index (χ0v) is 8.75. The molecule has 1 aromatic heterocycles. The molecule has 1 aromatic carbocycles. The monoisotopic (exact) mass is 208 g/mol. The minimum atomic E-state index is -0.508. The highest BCUT2D eigenvalue weighted by Gasteiger charge is 2.07. The normalized spacial score (nSPS) is 13.4. The maximum Gasteiger partial charge on any atom is 0.104 e. The fraction of sp³-hybridized carbons (Fsp3) is 0.300. The van der Waals surface area contributed by atoms with Crippen molar-refractivity contribution >= 4 is 23.7 Å². The van der Waals surface area contributed by atoms with Crippen molar-refractivity contribution in [1.29, 1.82) is 0 Å². The highest BCUT2D eigenvalue weighted by Crippen LogP contribution is 2.19. The Morgan fingerprint density at radius 1 is 1.57 bits per heavy atom. The third kappa shape index (κ3) is 1.63. The Hall–Kier alpha value is -1.00. The van der Waals surface area contributed by atoms with Gasteiger partial charge < -0.3 is 10.1 Å². The summed E-state index contributed by atoms with van der Waals surface area (Å²) < 4.78 is 0. The summed E-state index contributed by atoms with van der Waals surface area (Å²) in [6, 6.07) is 5.69. The summed E-state index contributed by atoms with van der Waals surface area (Å²) in [4.78, 5) is 7.41. The van der Waals surface area contributed by atoms with Gasteiger partial charge in [0.05, 0.1) is 17.1 Å². The van der Waals surface area contributed by atoms with Crippen LogP contribution in [0.5, 0.6) is 0 Å². The predicted octanol–water partition coefficient (Wildman–Crippen LogP) is 1.83. The van der Waals surface area contributed by atoms with E-state index in [0.29, 0.717) is 5.75 Å². The summed E-state index contributed by atoms with van der Waals surface area (Å²) in [7, 11) is 0. The molecular formula is C10H12N2OS. The lowest BCUT2D eigenvalue weighted by molar-refractivity contribution is 0.204. The number of aryl methyl sites for hydroxylation is 1. The fourth-order valence-corrected chi connectivity index (χ4v) is 1.68. The van der Waals surface area contributed by atoms with Gasteiger partial charge in [-0.25, -0.2) is 4.98 Å². The number of thiol groups is 1. The SMILES string of the molecule is Cc1nc2ccc(C(O)CS)cc2[nH]1. The van der Waals surface area contributed by atoms with Crippen molar-refractivity contribution in [3.63, 3.8) is 0 Å². The van der Waals surface area contributed by atoms with Gasteiger partial charge in [0.25, 0.3) is 0 Å². The lowest BCUT2D eigenvalue weighted by Gasteiger charge is -2.06. The first-order chi connectivity index (χ1) is 6.70. The molecule has 0 fully saturated rings. The van der Waals surface area contributed by atoms with Gasteiger partial charge in [-0.05, 0) is 24.6 Å². The van der Waals surface area contributed by atoms with Gasteiger partial charge >= 0.3 is 0 Å². The van der Waals surface area contributed by atoms with E-state index in [-0.39, 0.29) is 0 Å². The molecule has 0 aliphatic rings. The molecule has 2 N–H and O–H groups in total. The number of benzene rings is 1. The number of nitrogens with one attached hydrogen (secondary N) is 1. The number of aliphatic hydroxyl groups excluding tert-OH is 1. The first kappa shape index (κ1) is 9.55. The van der Waals surface area contributed by atoms with E-state index in [1.807, 2.05) is 25.1 Å². The van der Waals surface area contributed by atoms with Crippen LogP contribution in [-0.2, 0) is 0 Å². The molecule has 2 aromatic rings. The largest absolute Gasteiger partial charge is 0.388 e. The summed E-state index contributed by atoms with van der Waals surface area (Å²) in [5, 5.41) is 9.58. The number of hydrogen-bond donors (Lipinski definition) is 3. The first-order valence-electron chi connectivity index (χ1n) is 4.46. The van der Waals surface area contributed by atoms with E-state index in [2.05, 4.69) is 22.6 Å². The lowest BCUT2D eigenvalue weighted by atomic mass is 10.1. The molecule has 0 spiro atoms. The second-order valence-electron chi connectivity index (χ2n) is 3.30. The second kappa shape index (κ2) is 3.63. The summed E-state index contributed by atoms with van der Waals surface area (Å²) in [6.07, 6.45) is -0.508. The molecule has 2 rings (SSSR count). The van der Waals surface area contributed by atoms with Gasteiger partial charge in [-0.3, -0.25) is 0 Å². The molecular weight excluding hydrogens is 196 g/mol. The van der Waals surface area contributed by atoms with Crippen molar-refractivity contribution in [2.45, 2.75) is 13.0 Å². The molecule has 0 saturated carbocycles. The molecule has 0 saturated heterocycles. The molecule has 0 radical (unpaired) electrons. The number of aliphatic hydroxyl groups is 1. The Morgan fingerprint density at radius 2 is 2.36 bits per heavy atom. The van der Waals surface area contributed by atoms with Gasteiger partial charge in [-0.1, -0.05) is 6.07 Å². The Morgan fingerprint density at radius 3 is 3.07 bits per heavy atom. The highest BCUT2D eigenvalue weighted by molar-refractivity contribution is 7.80. The Kier molecular flexibility index (Phi) is 2.48. The van der Waals surface area contributed by atoms with E-state index in [4.69, 9.17) is 0 Å². The number of rotatable bonds is 2. The molecule has 0 bridgehead atoms. The Labute approximate surface area is 87.6 Å². The van der Waals surface area contributed by atoms with Crippen LogP contribution in [0.3, 0.4) is 0 Å². The molecule has 0 amide bonds. The number of aromatic amines is 1. The van der Waals surface area contributed by atoms with E-state index in [1.54, 1.807) is 0 Å². The number of fused-ring (bicyclic) bond motifs is 1. The standard InChI is InChI=1S/C10H12N2OS/c1-6-11-8-3-2-7(10(13)5-14)4-9(8)12-6/h2-4,10,13-14H,5H2,1H3,(H,11,12). The molecule has 1 heterocycles. The second-order valence-corrected chi connectivity index (χ2v) is 3.66. The van der Waals surface area contributed by atoms with Crippen LogP contribution < -0.4 is 0 Å². The van der Waals surface area contributed by atoms with Crippen molar-refractivity contribution < 1.29 is 5.11 Å². The Balaban J connectivity index is 2.50. The van der Waals surface area contributed by atoms with E-state index < -0.39 is 6.10 Å². The van der Waals surface area contributed by atoms with E-state index in [9.17, 15) is 5.11 Å². The molecule has 1 atom stereocenters. The summed E-state index contributed by atoms with van der Waals surface area (Å²) >= 11 is 4.05. The van der Waals surface area contributed by atoms with Crippen LogP contribution in [0.1, 0.15) is 17.5 Å². The number of H-pyrrole nitrogens is 1. The average Bonchev–Trinajstić information content (AvgIpc) is 2.55. The van der Waals surface area contributed by atoms with Crippen LogP contribution in [0.15, 0.2) is 18.2 Å². The molecule has 4 heteroatoms. The molecule has 14 heavy (non-hydrogen) atoms. The van der Waals surface area contributed by atoms with Gasteiger partial charge in [0, 0.05) is 5.75 Å². The van der Waals surface area contributed by atoms with Crippen LogP contribution in [-0.4, -0.2) is 20.8 Å². The first-order valence-corrected chi connectivity index (χ1v) is 5.09.